The van der Waals surface area contributed by atoms with Gasteiger partial charge in [0.1, 0.15) is 5.82 Å². The Hall–Kier alpha value is -1.08. The summed E-state index contributed by atoms with van der Waals surface area (Å²) in [4.78, 5) is 16.7. The van der Waals surface area contributed by atoms with Crippen molar-refractivity contribution in [2.24, 2.45) is 0 Å². The van der Waals surface area contributed by atoms with E-state index in [9.17, 15) is 9.18 Å². The predicted octanol–water partition coefficient (Wildman–Crippen LogP) is 2.30. The van der Waals surface area contributed by atoms with E-state index < -0.39 is 0 Å². The lowest BCUT2D eigenvalue weighted by atomic mass is 10.2. The fourth-order valence-electron chi connectivity index (χ4n) is 2.91. The Kier molecular flexibility index (Phi) is 12.6. The maximum Gasteiger partial charge on any atom is 0.237 e. The molecular weight excluding hydrogens is 378 g/mol. The normalized spacial score (nSPS) is 15.6. The molecular formula is C18H31Cl2FN4O. The third-order valence-electron chi connectivity index (χ3n) is 4.46. The molecule has 1 unspecified atom stereocenters. The molecule has 1 aromatic carbocycles. The second-order valence-electron chi connectivity index (χ2n) is 6.22. The molecule has 1 aromatic rings. The Balaban J connectivity index is 0.00000312. The molecule has 2 N–H and O–H groups in total. The number of rotatable bonds is 8. The third-order valence-corrected chi connectivity index (χ3v) is 4.46. The molecule has 26 heavy (non-hydrogen) atoms. The van der Waals surface area contributed by atoms with Crippen molar-refractivity contribution in [3.63, 3.8) is 0 Å². The Morgan fingerprint density at radius 1 is 1.08 bits per heavy atom. The Morgan fingerprint density at radius 2 is 1.69 bits per heavy atom. The van der Waals surface area contributed by atoms with Crippen LogP contribution in [-0.2, 0) is 4.79 Å². The highest BCUT2D eigenvalue weighted by Gasteiger charge is 2.25. The van der Waals surface area contributed by atoms with E-state index in [-0.39, 0.29) is 42.6 Å². The van der Waals surface area contributed by atoms with Gasteiger partial charge in [-0.2, -0.15) is 0 Å². The first kappa shape index (κ1) is 24.9. The topological polar surface area (TPSA) is 47.6 Å². The fourth-order valence-corrected chi connectivity index (χ4v) is 2.91. The molecule has 1 aliphatic rings. The van der Waals surface area contributed by atoms with E-state index in [1.165, 1.54) is 12.1 Å². The summed E-state index contributed by atoms with van der Waals surface area (Å²) < 4.78 is 13.0. The first-order valence-corrected chi connectivity index (χ1v) is 8.84. The lowest BCUT2D eigenvalue weighted by molar-refractivity contribution is -0.125. The summed E-state index contributed by atoms with van der Waals surface area (Å²) in [5.41, 5.74) is 1.04. The number of piperazine rings is 1. The second-order valence-corrected chi connectivity index (χ2v) is 6.22. The minimum Gasteiger partial charge on any atom is -0.369 e. The van der Waals surface area contributed by atoms with Gasteiger partial charge in [0, 0.05) is 45.0 Å². The summed E-state index contributed by atoms with van der Waals surface area (Å²) in [6.45, 7) is 9.91. The Morgan fingerprint density at radius 3 is 2.27 bits per heavy atom. The number of nitrogens with zero attached hydrogens (tertiary/aromatic N) is 2. The lowest BCUT2D eigenvalue weighted by Gasteiger charge is -2.38. The Bertz CT molecular complexity index is 510. The molecule has 0 aromatic heterocycles. The van der Waals surface area contributed by atoms with Crippen LogP contribution in [0.3, 0.4) is 0 Å². The van der Waals surface area contributed by atoms with Crippen molar-refractivity contribution >= 4 is 36.4 Å². The van der Waals surface area contributed by atoms with E-state index in [2.05, 4.69) is 27.4 Å². The molecule has 150 valence electrons. The van der Waals surface area contributed by atoms with E-state index in [0.29, 0.717) is 6.54 Å². The average Bonchev–Trinajstić information content (AvgIpc) is 2.61. The van der Waals surface area contributed by atoms with Crippen LogP contribution in [0.15, 0.2) is 24.3 Å². The van der Waals surface area contributed by atoms with Crippen molar-refractivity contribution < 1.29 is 9.18 Å². The van der Waals surface area contributed by atoms with Crippen molar-refractivity contribution in [1.82, 2.24) is 15.5 Å². The zero-order chi connectivity index (χ0) is 17.4. The van der Waals surface area contributed by atoms with Crippen molar-refractivity contribution in [2.75, 3.05) is 50.7 Å². The van der Waals surface area contributed by atoms with Gasteiger partial charge in [-0.25, -0.2) is 4.39 Å². The molecule has 1 amide bonds. The number of hydrogen-bond donors (Lipinski definition) is 2. The van der Waals surface area contributed by atoms with Gasteiger partial charge in [-0.1, -0.05) is 6.92 Å². The molecule has 0 aliphatic carbocycles. The summed E-state index contributed by atoms with van der Waals surface area (Å²) in [7, 11) is 0. The minimum absolute atomic E-state index is 0. The van der Waals surface area contributed by atoms with Crippen LogP contribution in [0.2, 0.25) is 0 Å². The molecule has 0 saturated carbocycles. The van der Waals surface area contributed by atoms with E-state index in [4.69, 9.17) is 0 Å². The number of carbonyl (C=O) groups excluding carboxylic acids is 1. The molecule has 1 atom stereocenters. The minimum atomic E-state index is -0.212. The molecule has 0 bridgehead atoms. The zero-order valence-electron chi connectivity index (χ0n) is 15.5. The molecule has 1 fully saturated rings. The van der Waals surface area contributed by atoms with Gasteiger partial charge in [-0.15, -0.1) is 24.8 Å². The standard InChI is InChI=1S/C18H29FN4O.2ClH/c1-3-8-20-9-10-21-18(24)15(2)22-11-13-23(14-12-22)17-6-4-16(19)5-7-17;;/h4-7,15,20H,3,8-14H2,1-2H3,(H,21,24);2*1H. The van der Waals surface area contributed by atoms with Crippen LogP contribution >= 0.6 is 24.8 Å². The van der Waals surface area contributed by atoms with Gasteiger partial charge in [0.15, 0.2) is 0 Å². The molecule has 0 spiro atoms. The van der Waals surface area contributed by atoms with Crippen LogP contribution in [0.1, 0.15) is 20.3 Å². The first-order chi connectivity index (χ1) is 11.6. The molecule has 5 nitrogen and oxygen atoms in total. The quantitative estimate of drug-likeness (QED) is 0.647. The predicted molar refractivity (Wildman–Crippen MR) is 110 cm³/mol. The summed E-state index contributed by atoms with van der Waals surface area (Å²) in [5.74, 6) is -0.125. The average molecular weight is 409 g/mol. The molecule has 8 heteroatoms. The summed E-state index contributed by atoms with van der Waals surface area (Å²) in [6, 6.07) is 6.48. The number of carbonyl (C=O) groups is 1. The van der Waals surface area contributed by atoms with Crippen molar-refractivity contribution in [1.29, 1.82) is 0 Å². The molecule has 1 heterocycles. The largest absolute Gasteiger partial charge is 0.369 e. The summed E-state index contributed by atoms with van der Waals surface area (Å²) in [6.07, 6.45) is 1.10. The SMILES string of the molecule is CCCNCCNC(=O)C(C)N1CCN(c2ccc(F)cc2)CC1.Cl.Cl. The van der Waals surface area contributed by atoms with E-state index >= 15 is 0 Å². The molecule has 1 saturated heterocycles. The highest BCUT2D eigenvalue weighted by Crippen LogP contribution is 2.17. The number of halogens is 3. The number of amides is 1. The van der Waals surface area contributed by atoms with Crippen LogP contribution < -0.4 is 15.5 Å². The Labute approximate surface area is 168 Å². The molecule has 1 aliphatic heterocycles. The van der Waals surface area contributed by atoms with Crippen LogP contribution in [-0.4, -0.2) is 62.7 Å². The molecule has 2 rings (SSSR count). The smallest absolute Gasteiger partial charge is 0.237 e. The number of benzene rings is 1. The maximum absolute atomic E-state index is 13.0. The van der Waals surface area contributed by atoms with Gasteiger partial charge in [-0.3, -0.25) is 9.69 Å². The highest BCUT2D eigenvalue weighted by atomic mass is 35.5. The highest BCUT2D eigenvalue weighted by molar-refractivity contribution is 5.85. The number of anilines is 1. The number of hydrogen-bond acceptors (Lipinski definition) is 4. The van der Waals surface area contributed by atoms with Gasteiger partial charge in [-0.05, 0) is 44.2 Å². The zero-order valence-corrected chi connectivity index (χ0v) is 17.2. The fraction of sp³-hybridized carbons (Fsp3) is 0.611. The van der Waals surface area contributed by atoms with Gasteiger partial charge in [0.2, 0.25) is 5.91 Å². The van der Waals surface area contributed by atoms with E-state index in [1.807, 2.05) is 19.1 Å². The van der Waals surface area contributed by atoms with E-state index in [1.54, 1.807) is 0 Å². The summed E-state index contributed by atoms with van der Waals surface area (Å²) in [5, 5.41) is 6.26. The van der Waals surface area contributed by atoms with Crippen LogP contribution in [0.4, 0.5) is 10.1 Å². The van der Waals surface area contributed by atoms with Crippen molar-refractivity contribution in [2.45, 2.75) is 26.3 Å². The van der Waals surface area contributed by atoms with Crippen LogP contribution in [0.5, 0.6) is 0 Å². The monoisotopic (exact) mass is 408 g/mol. The van der Waals surface area contributed by atoms with E-state index in [0.717, 1.165) is 51.4 Å². The van der Waals surface area contributed by atoms with Gasteiger partial charge < -0.3 is 15.5 Å². The molecule has 0 radical (unpaired) electrons. The first-order valence-electron chi connectivity index (χ1n) is 8.84. The maximum atomic E-state index is 13.0. The van der Waals surface area contributed by atoms with Crippen molar-refractivity contribution in [3.8, 4) is 0 Å². The van der Waals surface area contributed by atoms with Crippen LogP contribution in [0.25, 0.3) is 0 Å². The van der Waals surface area contributed by atoms with Gasteiger partial charge in [0.25, 0.3) is 0 Å². The van der Waals surface area contributed by atoms with Gasteiger partial charge >= 0.3 is 0 Å². The van der Waals surface area contributed by atoms with Gasteiger partial charge in [0.05, 0.1) is 6.04 Å². The summed E-state index contributed by atoms with van der Waals surface area (Å²) >= 11 is 0. The van der Waals surface area contributed by atoms with Crippen LogP contribution in [0, 0.1) is 5.82 Å². The lowest BCUT2D eigenvalue weighted by Crippen LogP contribution is -2.54. The second kappa shape index (κ2) is 13.1. The number of nitrogens with one attached hydrogen (secondary N) is 2. The van der Waals surface area contributed by atoms with Crippen molar-refractivity contribution in [3.05, 3.63) is 30.1 Å². The third kappa shape index (κ3) is 7.66.